The van der Waals surface area contributed by atoms with Crippen molar-refractivity contribution >= 4 is 28.4 Å². The Labute approximate surface area is 119 Å². The molecule has 0 unspecified atom stereocenters. The first-order valence-corrected chi connectivity index (χ1v) is 7.33. The minimum Gasteiger partial charge on any atom is -0.374 e. The van der Waals surface area contributed by atoms with Crippen LogP contribution >= 0.6 is 23.3 Å². The molecule has 5 heteroatoms. The number of rotatable bonds is 3. The molecule has 0 spiro atoms. The van der Waals surface area contributed by atoms with Crippen LogP contribution in [0.15, 0.2) is 64.4 Å². The predicted octanol–water partition coefficient (Wildman–Crippen LogP) is 3.94. The van der Waals surface area contributed by atoms with Gasteiger partial charge < -0.3 is 5.73 Å². The highest BCUT2D eigenvalue weighted by Gasteiger charge is 2.04. The minimum absolute atomic E-state index is 0.498. The standard InChI is InChI=1S/C14H11N3S2/c15-14-16-13(17-19-14)10-6-8-12(9-7-10)18-11-4-2-1-3-5-11/h1-9H,(H2,15,16,17). The van der Waals surface area contributed by atoms with Crippen molar-refractivity contribution in [2.45, 2.75) is 9.79 Å². The highest BCUT2D eigenvalue weighted by atomic mass is 32.2. The Kier molecular flexibility index (Phi) is 3.48. The first kappa shape index (κ1) is 12.2. The van der Waals surface area contributed by atoms with E-state index >= 15 is 0 Å². The summed E-state index contributed by atoms with van der Waals surface area (Å²) in [5, 5.41) is 0.498. The maximum Gasteiger partial charge on any atom is 0.200 e. The summed E-state index contributed by atoms with van der Waals surface area (Å²) < 4.78 is 4.20. The number of benzene rings is 2. The van der Waals surface area contributed by atoms with E-state index in [2.05, 4.69) is 33.6 Å². The van der Waals surface area contributed by atoms with E-state index < -0.39 is 0 Å². The van der Waals surface area contributed by atoms with E-state index in [9.17, 15) is 0 Å². The smallest absolute Gasteiger partial charge is 0.200 e. The summed E-state index contributed by atoms with van der Waals surface area (Å²) in [6, 6.07) is 18.5. The number of aromatic nitrogens is 2. The third-order valence-corrected chi connectivity index (χ3v) is 4.09. The van der Waals surface area contributed by atoms with Crippen LogP contribution in [0.1, 0.15) is 0 Å². The second-order valence-electron chi connectivity index (χ2n) is 3.90. The largest absolute Gasteiger partial charge is 0.374 e. The maximum atomic E-state index is 5.59. The fourth-order valence-corrected chi connectivity index (χ4v) is 2.94. The normalized spacial score (nSPS) is 10.5. The van der Waals surface area contributed by atoms with Crippen LogP contribution < -0.4 is 5.73 Å². The van der Waals surface area contributed by atoms with Gasteiger partial charge >= 0.3 is 0 Å². The number of nitrogens with zero attached hydrogens (tertiary/aromatic N) is 2. The zero-order valence-corrected chi connectivity index (χ0v) is 11.6. The predicted molar refractivity (Wildman–Crippen MR) is 80.3 cm³/mol. The Balaban J connectivity index is 1.79. The molecule has 0 aliphatic carbocycles. The fraction of sp³-hybridized carbons (Fsp3) is 0. The molecule has 1 heterocycles. The molecule has 94 valence electrons. The Bertz CT molecular complexity index is 663. The number of nitrogens with two attached hydrogens (primary N) is 1. The fourth-order valence-electron chi connectivity index (χ4n) is 1.65. The van der Waals surface area contributed by atoms with E-state index in [4.69, 9.17) is 5.73 Å². The second-order valence-corrected chi connectivity index (χ2v) is 5.83. The third-order valence-electron chi connectivity index (χ3n) is 2.53. The Hall–Kier alpha value is -1.85. The van der Waals surface area contributed by atoms with E-state index in [1.807, 2.05) is 30.3 Å². The topological polar surface area (TPSA) is 51.8 Å². The molecule has 0 bridgehead atoms. The molecule has 0 saturated heterocycles. The lowest BCUT2D eigenvalue weighted by molar-refractivity contribution is 1.31. The van der Waals surface area contributed by atoms with Gasteiger partial charge in [-0.15, -0.1) is 0 Å². The van der Waals surface area contributed by atoms with Gasteiger partial charge in [-0.3, -0.25) is 0 Å². The van der Waals surface area contributed by atoms with Crippen molar-refractivity contribution in [3.05, 3.63) is 54.6 Å². The van der Waals surface area contributed by atoms with Crippen molar-refractivity contribution in [3.8, 4) is 11.4 Å². The van der Waals surface area contributed by atoms with Crippen LogP contribution in [0.25, 0.3) is 11.4 Å². The lowest BCUT2D eigenvalue weighted by Gasteiger charge is -2.02. The van der Waals surface area contributed by atoms with Gasteiger partial charge in [-0.2, -0.15) is 9.36 Å². The molecule has 3 rings (SSSR count). The van der Waals surface area contributed by atoms with Crippen molar-refractivity contribution < 1.29 is 0 Å². The van der Waals surface area contributed by atoms with E-state index in [1.54, 1.807) is 11.8 Å². The van der Waals surface area contributed by atoms with Crippen LogP contribution in [0, 0.1) is 0 Å². The van der Waals surface area contributed by atoms with Gasteiger partial charge in [0, 0.05) is 26.9 Å². The van der Waals surface area contributed by atoms with Crippen LogP contribution in [0.2, 0.25) is 0 Å². The van der Waals surface area contributed by atoms with Gasteiger partial charge in [-0.1, -0.05) is 42.1 Å². The van der Waals surface area contributed by atoms with Crippen LogP contribution in [0.4, 0.5) is 5.13 Å². The summed E-state index contributed by atoms with van der Waals surface area (Å²) in [5.41, 5.74) is 6.58. The van der Waals surface area contributed by atoms with Crippen LogP contribution in [0.5, 0.6) is 0 Å². The SMILES string of the molecule is Nc1nc(-c2ccc(Sc3ccccc3)cc2)ns1. The first-order valence-electron chi connectivity index (χ1n) is 5.74. The van der Waals surface area contributed by atoms with Gasteiger partial charge in [0.1, 0.15) is 0 Å². The van der Waals surface area contributed by atoms with Gasteiger partial charge in [0.25, 0.3) is 0 Å². The molecule has 2 aromatic carbocycles. The first-order chi connectivity index (χ1) is 9.31. The number of anilines is 1. The molecule has 19 heavy (non-hydrogen) atoms. The second kappa shape index (κ2) is 5.42. The van der Waals surface area contributed by atoms with E-state index in [1.165, 1.54) is 21.3 Å². The quantitative estimate of drug-likeness (QED) is 0.792. The molecule has 1 aromatic heterocycles. The van der Waals surface area contributed by atoms with Crippen molar-refractivity contribution in [3.63, 3.8) is 0 Å². The molecule has 0 radical (unpaired) electrons. The van der Waals surface area contributed by atoms with Crippen LogP contribution in [0.3, 0.4) is 0 Å². The Morgan fingerprint density at radius 2 is 1.58 bits per heavy atom. The molecule has 0 saturated carbocycles. The van der Waals surface area contributed by atoms with E-state index in [0.29, 0.717) is 11.0 Å². The average Bonchev–Trinajstić information content (AvgIpc) is 2.87. The lowest BCUT2D eigenvalue weighted by Crippen LogP contribution is -1.83. The van der Waals surface area contributed by atoms with Gasteiger partial charge in [-0.05, 0) is 24.3 Å². The number of hydrogen-bond donors (Lipinski definition) is 1. The average molecular weight is 285 g/mol. The van der Waals surface area contributed by atoms with Crippen molar-refractivity contribution in [1.29, 1.82) is 0 Å². The Morgan fingerprint density at radius 3 is 2.21 bits per heavy atom. The zero-order chi connectivity index (χ0) is 13.1. The number of hydrogen-bond acceptors (Lipinski definition) is 5. The molecular weight excluding hydrogens is 274 g/mol. The molecule has 0 atom stereocenters. The van der Waals surface area contributed by atoms with E-state index in [0.717, 1.165) is 5.56 Å². The summed E-state index contributed by atoms with van der Waals surface area (Å²) in [4.78, 5) is 6.59. The third kappa shape index (κ3) is 2.94. The monoisotopic (exact) mass is 285 g/mol. The van der Waals surface area contributed by atoms with Gasteiger partial charge in [-0.25, -0.2) is 0 Å². The Morgan fingerprint density at radius 1 is 0.895 bits per heavy atom. The minimum atomic E-state index is 0.498. The molecule has 0 amide bonds. The lowest BCUT2D eigenvalue weighted by atomic mass is 10.2. The summed E-state index contributed by atoms with van der Waals surface area (Å²) >= 11 is 2.95. The highest BCUT2D eigenvalue weighted by molar-refractivity contribution is 7.99. The van der Waals surface area contributed by atoms with Gasteiger partial charge in [0.05, 0.1) is 0 Å². The molecule has 0 aliphatic heterocycles. The van der Waals surface area contributed by atoms with E-state index in [-0.39, 0.29) is 0 Å². The molecule has 2 N–H and O–H groups in total. The summed E-state index contributed by atoms with van der Waals surface area (Å²) in [6.07, 6.45) is 0. The van der Waals surface area contributed by atoms with Crippen LogP contribution in [-0.2, 0) is 0 Å². The molecular formula is C14H11N3S2. The van der Waals surface area contributed by atoms with Crippen molar-refractivity contribution in [2.75, 3.05) is 5.73 Å². The molecule has 0 fully saturated rings. The summed E-state index contributed by atoms with van der Waals surface area (Å²) in [5.74, 6) is 0.693. The zero-order valence-electron chi connectivity index (χ0n) is 9.98. The molecule has 3 nitrogen and oxygen atoms in total. The van der Waals surface area contributed by atoms with Gasteiger partial charge in [0.2, 0.25) is 0 Å². The number of nitrogen functional groups attached to an aromatic ring is 1. The van der Waals surface area contributed by atoms with Crippen molar-refractivity contribution in [2.24, 2.45) is 0 Å². The summed E-state index contributed by atoms with van der Waals surface area (Å²) in [7, 11) is 0. The molecule has 0 aliphatic rings. The highest BCUT2D eigenvalue weighted by Crippen LogP contribution is 2.29. The molecule has 3 aromatic rings. The van der Waals surface area contributed by atoms with Crippen LogP contribution in [-0.4, -0.2) is 9.36 Å². The van der Waals surface area contributed by atoms with Gasteiger partial charge in [0.15, 0.2) is 11.0 Å². The summed E-state index contributed by atoms with van der Waals surface area (Å²) in [6.45, 7) is 0. The van der Waals surface area contributed by atoms with Crippen molar-refractivity contribution in [1.82, 2.24) is 9.36 Å². The maximum absolute atomic E-state index is 5.59.